The van der Waals surface area contributed by atoms with E-state index in [9.17, 15) is 9.59 Å². The number of hydrogen-bond donors (Lipinski definition) is 2. The molecule has 1 aliphatic heterocycles. The van der Waals surface area contributed by atoms with Crippen LogP contribution >= 0.6 is 0 Å². The van der Waals surface area contributed by atoms with Gasteiger partial charge >= 0.3 is 6.09 Å². The molecule has 0 spiro atoms. The van der Waals surface area contributed by atoms with Crippen LogP contribution in [-0.4, -0.2) is 47.5 Å². The Bertz CT molecular complexity index is 850. The zero-order chi connectivity index (χ0) is 23.9. The standard InChI is InChI=1S/C25H38N4O3/c1-17(2)20(26-14-11-15-27-24(31)32-25(5,6)7)22-28-21(18(3)4)23(30)29(22)16-19-12-9-8-10-13-19/h8-10,12-13,17,20,26H,11,14-16H2,1-7H3,(H,27,31). The van der Waals surface area contributed by atoms with Gasteiger partial charge in [0.1, 0.15) is 17.1 Å². The molecule has 0 saturated heterocycles. The number of carbonyl (C=O) groups excluding carboxylic acids is 2. The molecule has 0 saturated carbocycles. The largest absolute Gasteiger partial charge is 0.444 e. The molecule has 7 heteroatoms. The molecule has 1 aliphatic rings. The Balaban J connectivity index is 2.05. The fraction of sp³-hybridized carbons (Fsp3) is 0.560. The van der Waals surface area contributed by atoms with Gasteiger partial charge in [0.15, 0.2) is 0 Å². The number of benzene rings is 1. The predicted octanol–water partition coefficient (Wildman–Crippen LogP) is 4.25. The maximum atomic E-state index is 13.1. The molecule has 1 heterocycles. The summed E-state index contributed by atoms with van der Waals surface area (Å²) in [4.78, 5) is 31.5. The van der Waals surface area contributed by atoms with Gasteiger partial charge in [-0.1, -0.05) is 44.2 Å². The van der Waals surface area contributed by atoms with E-state index in [4.69, 9.17) is 9.73 Å². The zero-order valence-corrected chi connectivity index (χ0v) is 20.5. The van der Waals surface area contributed by atoms with Crippen molar-refractivity contribution in [3.63, 3.8) is 0 Å². The first kappa shape index (κ1) is 25.6. The predicted molar refractivity (Wildman–Crippen MR) is 128 cm³/mol. The minimum atomic E-state index is -0.511. The number of aliphatic imine (C=N–C) groups is 1. The van der Waals surface area contributed by atoms with Crippen LogP contribution in [0.1, 0.15) is 60.5 Å². The van der Waals surface area contributed by atoms with Gasteiger partial charge < -0.3 is 15.4 Å². The van der Waals surface area contributed by atoms with Crippen molar-refractivity contribution in [1.29, 1.82) is 0 Å². The van der Waals surface area contributed by atoms with E-state index in [0.717, 1.165) is 23.4 Å². The van der Waals surface area contributed by atoms with E-state index in [-0.39, 0.29) is 17.9 Å². The number of amidine groups is 1. The van der Waals surface area contributed by atoms with Crippen molar-refractivity contribution in [2.75, 3.05) is 13.1 Å². The number of ether oxygens (including phenoxy) is 1. The Morgan fingerprint density at radius 1 is 1.12 bits per heavy atom. The Kier molecular flexibility index (Phi) is 9.01. The Hall–Kier alpha value is -2.67. The maximum Gasteiger partial charge on any atom is 0.407 e. The van der Waals surface area contributed by atoms with E-state index in [1.807, 2.05) is 65.0 Å². The second-order valence-corrected chi connectivity index (χ2v) is 9.65. The van der Waals surface area contributed by atoms with Crippen molar-refractivity contribution in [2.24, 2.45) is 10.9 Å². The van der Waals surface area contributed by atoms with Crippen molar-refractivity contribution in [1.82, 2.24) is 15.5 Å². The third kappa shape index (κ3) is 7.48. The molecule has 32 heavy (non-hydrogen) atoms. The number of carbonyl (C=O) groups is 2. The van der Waals surface area contributed by atoms with Crippen molar-refractivity contribution in [2.45, 2.75) is 73.1 Å². The highest BCUT2D eigenvalue weighted by atomic mass is 16.6. The third-order valence-corrected chi connectivity index (χ3v) is 4.94. The van der Waals surface area contributed by atoms with Crippen LogP contribution in [0.2, 0.25) is 0 Å². The lowest BCUT2D eigenvalue weighted by atomic mass is 10.0. The van der Waals surface area contributed by atoms with Gasteiger partial charge in [-0.05, 0) is 64.6 Å². The van der Waals surface area contributed by atoms with E-state index in [0.29, 0.717) is 25.3 Å². The van der Waals surface area contributed by atoms with E-state index in [1.54, 1.807) is 4.90 Å². The number of alkyl carbamates (subject to hydrolysis) is 1. The highest BCUT2D eigenvalue weighted by molar-refractivity contribution is 6.14. The number of hydrogen-bond acceptors (Lipinski definition) is 5. The summed E-state index contributed by atoms with van der Waals surface area (Å²) in [6.45, 7) is 15.3. The van der Waals surface area contributed by atoms with Crippen molar-refractivity contribution in [3.05, 3.63) is 47.2 Å². The summed E-state index contributed by atoms with van der Waals surface area (Å²) in [5.41, 5.74) is 1.98. The molecular weight excluding hydrogens is 404 g/mol. The van der Waals surface area contributed by atoms with Crippen LogP contribution in [0.25, 0.3) is 0 Å². The number of amides is 2. The van der Waals surface area contributed by atoms with E-state index >= 15 is 0 Å². The summed E-state index contributed by atoms with van der Waals surface area (Å²) >= 11 is 0. The van der Waals surface area contributed by atoms with Gasteiger partial charge in [-0.15, -0.1) is 0 Å². The lowest BCUT2D eigenvalue weighted by Gasteiger charge is -2.28. The molecule has 7 nitrogen and oxygen atoms in total. The molecule has 1 aromatic rings. The summed E-state index contributed by atoms with van der Waals surface area (Å²) in [7, 11) is 0. The van der Waals surface area contributed by atoms with E-state index in [1.165, 1.54) is 0 Å². The fourth-order valence-corrected chi connectivity index (χ4v) is 3.41. The fourth-order valence-electron chi connectivity index (χ4n) is 3.41. The van der Waals surface area contributed by atoms with Crippen LogP contribution in [0.4, 0.5) is 4.79 Å². The molecule has 1 aromatic carbocycles. The first-order valence-corrected chi connectivity index (χ1v) is 11.3. The van der Waals surface area contributed by atoms with Gasteiger partial charge in [-0.3, -0.25) is 9.69 Å². The van der Waals surface area contributed by atoms with Crippen LogP contribution in [0.5, 0.6) is 0 Å². The minimum absolute atomic E-state index is 0.0529. The molecule has 2 amide bonds. The molecule has 2 rings (SSSR count). The summed E-state index contributed by atoms with van der Waals surface area (Å²) in [6, 6.07) is 9.88. The number of allylic oxidation sites excluding steroid dienone is 1. The number of nitrogens with one attached hydrogen (secondary N) is 2. The van der Waals surface area contributed by atoms with Crippen molar-refractivity contribution >= 4 is 17.8 Å². The molecule has 0 fully saturated rings. The molecule has 0 radical (unpaired) electrons. The first-order valence-electron chi connectivity index (χ1n) is 11.3. The minimum Gasteiger partial charge on any atom is -0.444 e. The summed E-state index contributed by atoms with van der Waals surface area (Å²) in [5, 5.41) is 6.32. The third-order valence-electron chi connectivity index (χ3n) is 4.94. The molecule has 0 aliphatic carbocycles. The Morgan fingerprint density at radius 3 is 2.34 bits per heavy atom. The molecule has 0 bridgehead atoms. The molecular formula is C25H38N4O3. The smallest absolute Gasteiger partial charge is 0.407 e. The van der Waals surface area contributed by atoms with Crippen molar-refractivity contribution in [3.8, 4) is 0 Å². The van der Waals surface area contributed by atoms with Crippen LogP contribution in [-0.2, 0) is 16.1 Å². The van der Waals surface area contributed by atoms with Gasteiger partial charge in [0.2, 0.25) is 0 Å². The quantitative estimate of drug-likeness (QED) is 0.442. The molecule has 1 atom stereocenters. The summed E-state index contributed by atoms with van der Waals surface area (Å²) in [6.07, 6.45) is 0.323. The normalized spacial score (nSPS) is 15.1. The first-order chi connectivity index (χ1) is 15.0. The monoisotopic (exact) mass is 442 g/mol. The van der Waals surface area contributed by atoms with Gasteiger partial charge in [-0.2, -0.15) is 0 Å². The highest BCUT2D eigenvalue weighted by Crippen LogP contribution is 2.24. The van der Waals surface area contributed by atoms with Gasteiger partial charge in [0.25, 0.3) is 5.91 Å². The second-order valence-electron chi connectivity index (χ2n) is 9.65. The second kappa shape index (κ2) is 11.3. The molecule has 1 unspecified atom stereocenters. The Morgan fingerprint density at radius 2 is 1.78 bits per heavy atom. The van der Waals surface area contributed by atoms with Crippen LogP contribution < -0.4 is 10.6 Å². The molecule has 176 valence electrons. The maximum absolute atomic E-state index is 13.1. The SMILES string of the molecule is CC(C)=C1N=C(C(NCCCNC(=O)OC(C)(C)C)C(C)C)N(Cc2ccccc2)C1=O. The molecule has 2 N–H and O–H groups in total. The number of nitrogens with zero attached hydrogens (tertiary/aromatic N) is 2. The highest BCUT2D eigenvalue weighted by Gasteiger charge is 2.36. The van der Waals surface area contributed by atoms with Crippen LogP contribution in [0, 0.1) is 5.92 Å². The zero-order valence-electron chi connectivity index (χ0n) is 20.5. The van der Waals surface area contributed by atoms with Crippen LogP contribution in [0.15, 0.2) is 46.6 Å². The average Bonchev–Trinajstić information content (AvgIpc) is 3.00. The van der Waals surface area contributed by atoms with Gasteiger partial charge in [0, 0.05) is 6.54 Å². The summed E-state index contributed by atoms with van der Waals surface area (Å²) in [5.74, 6) is 0.934. The van der Waals surface area contributed by atoms with Gasteiger partial charge in [-0.25, -0.2) is 9.79 Å². The Labute approximate surface area is 192 Å². The van der Waals surface area contributed by atoms with E-state index < -0.39 is 11.7 Å². The van der Waals surface area contributed by atoms with Gasteiger partial charge in [0.05, 0.1) is 12.6 Å². The lowest BCUT2D eigenvalue weighted by molar-refractivity contribution is -0.123. The van der Waals surface area contributed by atoms with E-state index in [2.05, 4.69) is 24.5 Å². The lowest BCUT2D eigenvalue weighted by Crippen LogP contribution is -2.49. The topological polar surface area (TPSA) is 83.0 Å². The van der Waals surface area contributed by atoms with Crippen molar-refractivity contribution < 1.29 is 14.3 Å². The molecule has 0 aromatic heterocycles. The summed E-state index contributed by atoms with van der Waals surface area (Å²) < 4.78 is 5.26. The number of rotatable bonds is 9. The van der Waals surface area contributed by atoms with Crippen LogP contribution in [0.3, 0.4) is 0 Å². The average molecular weight is 443 g/mol.